The van der Waals surface area contributed by atoms with Crippen LogP contribution in [0.15, 0.2) is 42.5 Å². The van der Waals surface area contributed by atoms with Gasteiger partial charge in [-0.15, -0.1) is 0 Å². The van der Waals surface area contributed by atoms with Crippen molar-refractivity contribution in [1.29, 1.82) is 0 Å². The van der Waals surface area contributed by atoms with E-state index in [1.807, 2.05) is 30.3 Å². The van der Waals surface area contributed by atoms with Crippen LogP contribution < -0.4 is 0 Å². The highest BCUT2D eigenvalue weighted by atomic mass is 32.1. The molecule has 0 saturated heterocycles. The molecule has 21 heavy (non-hydrogen) atoms. The first kappa shape index (κ1) is 12.5. The smallest absolute Gasteiger partial charge is 0.365 e. The predicted octanol–water partition coefficient (Wildman–Crippen LogP) is 3.47. The molecule has 1 aliphatic rings. The fourth-order valence-electron chi connectivity index (χ4n) is 2.75. The van der Waals surface area contributed by atoms with Gasteiger partial charge in [0.25, 0.3) is 0 Å². The highest BCUT2D eigenvalue weighted by Crippen LogP contribution is 2.52. The lowest BCUT2D eigenvalue weighted by Gasteiger charge is -2.14. The summed E-state index contributed by atoms with van der Waals surface area (Å²) in [6.45, 7) is 0. The largest absolute Gasteiger partial charge is 0.476 e. The van der Waals surface area contributed by atoms with Crippen molar-refractivity contribution in [1.82, 2.24) is 9.97 Å². The summed E-state index contributed by atoms with van der Waals surface area (Å²) in [5, 5.41) is 9.12. The molecule has 1 fully saturated rings. The number of hydrogen-bond donors (Lipinski definition) is 1. The van der Waals surface area contributed by atoms with Gasteiger partial charge in [-0.3, -0.25) is 0 Å². The average molecular weight is 296 g/mol. The summed E-state index contributed by atoms with van der Waals surface area (Å²) in [6, 6.07) is 14.2. The molecule has 1 saturated carbocycles. The number of benzene rings is 1. The first-order chi connectivity index (χ1) is 10.2. The average Bonchev–Trinajstić information content (AvgIpc) is 3.20. The van der Waals surface area contributed by atoms with Gasteiger partial charge in [0.15, 0.2) is 0 Å². The quantitative estimate of drug-likeness (QED) is 0.804. The van der Waals surface area contributed by atoms with Crippen molar-refractivity contribution in [2.45, 2.75) is 18.3 Å². The van der Waals surface area contributed by atoms with Crippen molar-refractivity contribution < 1.29 is 9.90 Å². The van der Waals surface area contributed by atoms with Gasteiger partial charge >= 0.3 is 5.97 Å². The van der Waals surface area contributed by atoms with Crippen LogP contribution >= 0.6 is 11.3 Å². The van der Waals surface area contributed by atoms with Gasteiger partial charge in [0.2, 0.25) is 5.01 Å². The molecule has 0 spiro atoms. The molecule has 2 aromatic heterocycles. The molecule has 1 aromatic carbocycles. The van der Waals surface area contributed by atoms with E-state index < -0.39 is 5.97 Å². The van der Waals surface area contributed by atoms with Crippen LogP contribution in [0.2, 0.25) is 0 Å². The molecule has 4 nitrogen and oxygen atoms in total. The number of carboxylic acids is 1. The molecule has 3 aromatic rings. The van der Waals surface area contributed by atoms with E-state index in [1.165, 1.54) is 5.56 Å². The number of fused-ring (bicyclic) bond motifs is 1. The summed E-state index contributed by atoms with van der Waals surface area (Å²) in [5.74, 6) is -0.997. The third-order valence-corrected chi connectivity index (χ3v) is 4.96. The molecular weight excluding hydrogens is 284 g/mol. The molecule has 0 unspecified atom stereocenters. The maximum Gasteiger partial charge on any atom is 0.365 e. The molecule has 104 valence electrons. The van der Waals surface area contributed by atoms with Gasteiger partial charge in [-0.2, -0.15) is 0 Å². The van der Waals surface area contributed by atoms with Gasteiger partial charge in [0.05, 0.1) is 5.69 Å². The van der Waals surface area contributed by atoms with Crippen LogP contribution in [0.1, 0.15) is 33.9 Å². The van der Waals surface area contributed by atoms with Crippen molar-refractivity contribution >= 4 is 27.7 Å². The highest BCUT2D eigenvalue weighted by molar-refractivity contribution is 7.19. The van der Waals surface area contributed by atoms with Crippen LogP contribution in [0.5, 0.6) is 0 Å². The molecule has 0 atom stereocenters. The third kappa shape index (κ3) is 1.93. The summed E-state index contributed by atoms with van der Waals surface area (Å²) in [6.07, 6.45) is 2.17. The van der Waals surface area contributed by atoms with Gasteiger partial charge in [-0.25, -0.2) is 14.8 Å². The molecule has 5 heteroatoms. The fourth-order valence-corrected chi connectivity index (χ4v) is 3.53. The molecular formula is C16H12N2O2S. The Balaban J connectivity index is 1.82. The highest BCUT2D eigenvalue weighted by Gasteiger charge is 2.47. The minimum absolute atomic E-state index is 0.00280. The topological polar surface area (TPSA) is 63.1 Å². The van der Waals surface area contributed by atoms with Crippen LogP contribution in [0, 0.1) is 0 Å². The van der Waals surface area contributed by atoms with Crippen LogP contribution in [0.3, 0.4) is 0 Å². The van der Waals surface area contributed by atoms with E-state index in [0.29, 0.717) is 10.3 Å². The standard InChI is InChI=1S/C16H12N2O2S/c19-15(20)14-17-11-6-7-12(18-13(11)21-14)16(8-9-16)10-4-2-1-3-5-10/h1-7H,8-9H2,(H,19,20). The summed E-state index contributed by atoms with van der Waals surface area (Å²) in [4.78, 5) is 20.5. The van der Waals surface area contributed by atoms with E-state index in [9.17, 15) is 4.79 Å². The zero-order valence-corrected chi connectivity index (χ0v) is 11.9. The van der Waals surface area contributed by atoms with Crippen LogP contribution in [0.25, 0.3) is 10.3 Å². The van der Waals surface area contributed by atoms with Crippen molar-refractivity contribution in [3.63, 3.8) is 0 Å². The molecule has 1 aliphatic carbocycles. The Bertz CT molecular complexity index is 838. The fraction of sp³-hybridized carbons (Fsp3) is 0.188. The van der Waals surface area contributed by atoms with E-state index in [4.69, 9.17) is 5.11 Å². The van der Waals surface area contributed by atoms with Gasteiger partial charge in [0.1, 0.15) is 10.3 Å². The minimum atomic E-state index is -0.997. The lowest BCUT2D eigenvalue weighted by molar-refractivity contribution is 0.0696. The van der Waals surface area contributed by atoms with E-state index >= 15 is 0 Å². The maximum absolute atomic E-state index is 11.0. The second-order valence-corrected chi connectivity index (χ2v) is 6.27. The van der Waals surface area contributed by atoms with Gasteiger partial charge in [0, 0.05) is 5.41 Å². The summed E-state index contributed by atoms with van der Waals surface area (Å²) >= 11 is 1.14. The Hall–Kier alpha value is -2.27. The number of thiazole rings is 1. The SMILES string of the molecule is O=C(O)c1nc2ccc(C3(c4ccccc4)CC3)nc2s1. The zero-order chi connectivity index (χ0) is 14.4. The van der Waals surface area contributed by atoms with E-state index in [2.05, 4.69) is 22.1 Å². The molecule has 0 bridgehead atoms. The number of aromatic carboxylic acids is 1. The van der Waals surface area contributed by atoms with Gasteiger partial charge in [-0.05, 0) is 30.5 Å². The van der Waals surface area contributed by atoms with E-state index in [1.54, 1.807) is 0 Å². The number of carboxylic acid groups (broad SMARTS) is 1. The van der Waals surface area contributed by atoms with Crippen LogP contribution in [-0.2, 0) is 5.41 Å². The minimum Gasteiger partial charge on any atom is -0.476 e. The molecule has 0 amide bonds. The number of hydrogen-bond acceptors (Lipinski definition) is 4. The van der Waals surface area contributed by atoms with Crippen molar-refractivity contribution in [3.8, 4) is 0 Å². The maximum atomic E-state index is 11.0. The number of nitrogens with zero attached hydrogens (tertiary/aromatic N) is 2. The Kier molecular flexibility index (Phi) is 2.59. The van der Waals surface area contributed by atoms with Crippen molar-refractivity contribution in [3.05, 3.63) is 58.7 Å². The zero-order valence-electron chi connectivity index (χ0n) is 11.1. The van der Waals surface area contributed by atoms with Crippen LogP contribution in [0.4, 0.5) is 0 Å². The monoisotopic (exact) mass is 296 g/mol. The molecule has 1 N–H and O–H groups in total. The summed E-state index contributed by atoms with van der Waals surface area (Å²) < 4.78 is 0. The van der Waals surface area contributed by atoms with Gasteiger partial charge in [-0.1, -0.05) is 41.7 Å². The lowest BCUT2D eigenvalue weighted by atomic mass is 9.92. The number of carbonyl (C=O) groups is 1. The first-order valence-corrected chi connectivity index (χ1v) is 7.58. The second-order valence-electron chi connectivity index (χ2n) is 5.29. The van der Waals surface area contributed by atoms with Crippen molar-refractivity contribution in [2.24, 2.45) is 0 Å². The predicted molar refractivity (Wildman–Crippen MR) is 80.8 cm³/mol. The Morgan fingerprint density at radius 2 is 1.86 bits per heavy atom. The molecule has 4 rings (SSSR count). The second kappa shape index (κ2) is 4.36. The summed E-state index contributed by atoms with van der Waals surface area (Å²) in [5.41, 5.74) is 2.95. The van der Waals surface area contributed by atoms with Gasteiger partial charge < -0.3 is 5.11 Å². The number of rotatable bonds is 3. The van der Waals surface area contributed by atoms with E-state index in [0.717, 1.165) is 29.9 Å². The Labute approximate surface area is 125 Å². The molecule has 0 radical (unpaired) electrons. The third-order valence-electron chi connectivity index (χ3n) is 4.01. The van der Waals surface area contributed by atoms with Crippen molar-refractivity contribution in [2.75, 3.05) is 0 Å². The molecule has 0 aliphatic heterocycles. The lowest BCUT2D eigenvalue weighted by Crippen LogP contribution is -2.10. The Morgan fingerprint density at radius 1 is 1.10 bits per heavy atom. The Morgan fingerprint density at radius 3 is 2.52 bits per heavy atom. The first-order valence-electron chi connectivity index (χ1n) is 6.76. The normalized spacial score (nSPS) is 16.0. The van der Waals surface area contributed by atoms with Crippen LogP contribution in [-0.4, -0.2) is 21.0 Å². The van der Waals surface area contributed by atoms with E-state index in [-0.39, 0.29) is 10.4 Å². The summed E-state index contributed by atoms with van der Waals surface area (Å²) in [7, 11) is 0. The molecule has 2 heterocycles. The number of aromatic nitrogens is 2. The number of pyridine rings is 1.